The number of rotatable bonds is 3. The highest BCUT2D eigenvalue weighted by molar-refractivity contribution is 5.78. The highest BCUT2D eigenvalue weighted by Gasteiger charge is 2.18. The van der Waals surface area contributed by atoms with Crippen LogP contribution < -0.4 is 4.74 Å². The Morgan fingerprint density at radius 3 is 2.65 bits per heavy atom. The molecule has 1 atom stereocenters. The minimum atomic E-state index is 0.191. The maximum atomic E-state index is 11.8. The van der Waals surface area contributed by atoms with Crippen LogP contribution in [0, 0.1) is 5.92 Å². The summed E-state index contributed by atoms with van der Waals surface area (Å²) >= 11 is 0. The molecule has 17 heavy (non-hydrogen) atoms. The van der Waals surface area contributed by atoms with E-state index in [1.165, 1.54) is 0 Å². The highest BCUT2D eigenvalue weighted by atomic mass is 16.5. The topological polar surface area (TPSA) is 29.5 Å². The molecule has 90 valence electrons. The fraction of sp³-hybridized carbons (Fsp3) is 0.357. The molecule has 0 aliphatic carbocycles. The molecule has 1 amide bonds. The fourth-order valence-electron chi connectivity index (χ4n) is 1.86. The van der Waals surface area contributed by atoms with Crippen molar-refractivity contribution in [2.75, 3.05) is 7.11 Å². The summed E-state index contributed by atoms with van der Waals surface area (Å²) in [7, 11) is 1.65. The van der Waals surface area contributed by atoms with Crippen molar-refractivity contribution in [2.45, 2.75) is 19.9 Å². The third-order valence-corrected chi connectivity index (χ3v) is 2.92. The van der Waals surface area contributed by atoms with Crippen LogP contribution in [-0.4, -0.2) is 17.9 Å². The highest BCUT2D eigenvalue weighted by Crippen LogP contribution is 2.18. The molecule has 0 spiro atoms. The average Bonchev–Trinajstić information content (AvgIpc) is 2.34. The lowest BCUT2D eigenvalue weighted by molar-refractivity contribution is -0.130. The molecule has 0 unspecified atom stereocenters. The van der Waals surface area contributed by atoms with Crippen molar-refractivity contribution in [2.24, 2.45) is 5.92 Å². The number of carbonyl (C=O) groups excluding carboxylic acids is 1. The summed E-state index contributed by atoms with van der Waals surface area (Å²) in [6, 6.07) is 7.79. The predicted octanol–water partition coefficient (Wildman–Crippen LogP) is 2.58. The molecule has 1 aliphatic rings. The number of carbonyl (C=O) groups is 1. The second-order valence-electron chi connectivity index (χ2n) is 4.39. The van der Waals surface area contributed by atoms with Gasteiger partial charge in [0.15, 0.2) is 0 Å². The SMILES string of the molecule is COc1ccc(CN2C=C[C@H](C)CC2=O)cc1. The number of hydrogen-bond donors (Lipinski definition) is 0. The van der Waals surface area contributed by atoms with Crippen LogP contribution in [0.3, 0.4) is 0 Å². The molecule has 0 N–H and O–H groups in total. The Morgan fingerprint density at radius 2 is 2.06 bits per heavy atom. The standard InChI is InChI=1S/C14H17NO2/c1-11-7-8-15(14(16)9-11)10-12-3-5-13(17-2)6-4-12/h3-8,11H,9-10H2,1-2H3/t11-/m0/s1. The Labute approximate surface area is 102 Å². The van der Waals surface area contributed by atoms with E-state index < -0.39 is 0 Å². The number of nitrogens with zero attached hydrogens (tertiary/aromatic N) is 1. The number of amides is 1. The van der Waals surface area contributed by atoms with Crippen LogP contribution in [0.25, 0.3) is 0 Å². The first-order valence-corrected chi connectivity index (χ1v) is 5.80. The molecular weight excluding hydrogens is 214 g/mol. The minimum absolute atomic E-state index is 0.191. The Balaban J connectivity index is 2.05. The lowest BCUT2D eigenvalue weighted by Crippen LogP contribution is -2.29. The van der Waals surface area contributed by atoms with Crippen molar-refractivity contribution in [3.8, 4) is 5.75 Å². The maximum Gasteiger partial charge on any atom is 0.227 e. The first kappa shape index (κ1) is 11.7. The summed E-state index contributed by atoms with van der Waals surface area (Å²) in [6.45, 7) is 2.69. The van der Waals surface area contributed by atoms with Gasteiger partial charge in [0.05, 0.1) is 13.7 Å². The third kappa shape index (κ3) is 2.87. The number of hydrogen-bond acceptors (Lipinski definition) is 2. The second-order valence-corrected chi connectivity index (χ2v) is 4.39. The van der Waals surface area contributed by atoms with E-state index >= 15 is 0 Å². The Kier molecular flexibility index (Phi) is 3.47. The zero-order valence-electron chi connectivity index (χ0n) is 10.2. The molecular formula is C14H17NO2. The summed E-state index contributed by atoms with van der Waals surface area (Å²) < 4.78 is 5.10. The first-order chi connectivity index (χ1) is 8.19. The van der Waals surface area contributed by atoms with Gasteiger partial charge in [-0.2, -0.15) is 0 Å². The Bertz CT molecular complexity index is 422. The van der Waals surface area contributed by atoms with Crippen molar-refractivity contribution in [1.82, 2.24) is 4.90 Å². The summed E-state index contributed by atoms with van der Waals surface area (Å²) in [5.41, 5.74) is 1.11. The molecule has 1 aromatic rings. The van der Waals surface area contributed by atoms with E-state index in [0.29, 0.717) is 18.9 Å². The number of benzene rings is 1. The lowest BCUT2D eigenvalue weighted by atomic mass is 10.0. The molecule has 0 saturated carbocycles. The van der Waals surface area contributed by atoms with E-state index in [1.807, 2.05) is 30.5 Å². The van der Waals surface area contributed by atoms with Crippen LogP contribution in [0.4, 0.5) is 0 Å². The largest absolute Gasteiger partial charge is 0.497 e. The van der Waals surface area contributed by atoms with Crippen LogP contribution in [0.2, 0.25) is 0 Å². The number of allylic oxidation sites excluding steroid dienone is 1. The number of methoxy groups -OCH3 is 1. The van der Waals surface area contributed by atoms with Gasteiger partial charge in [0, 0.05) is 12.6 Å². The average molecular weight is 231 g/mol. The van der Waals surface area contributed by atoms with Crippen molar-refractivity contribution >= 4 is 5.91 Å². The second kappa shape index (κ2) is 5.04. The molecule has 1 aliphatic heterocycles. The third-order valence-electron chi connectivity index (χ3n) is 2.92. The van der Waals surface area contributed by atoms with Crippen LogP contribution >= 0.6 is 0 Å². The predicted molar refractivity (Wildman–Crippen MR) is 66.5 cm³/mol. The molecule has 0 radical (unpaired) electrons. The molecule has 0 saturated heterocycles. The van der Waals surface area contributed by atoms with E-state index in [4.69, 9.17) is 4.74 Å². The maximum absolute atomic E-state index is 11.8. The van der Waals surface area contributed by atoms with Crippen molar-refractivity contribution in [3.63, 3.8) is 0 Å². The number of ether oxygens (including phenoxy) is 1. The van der Waals surface area contributed by atoms with Gasteiger partial charge >= 0.3 is 0 Å². The van der Waals surface area contributed by atoms with Crippen LogP contribution in [-0.2, 0) is 11.3 Å². The molecule has 0 aromatic heterocycles. The van der Waals surface area contributed by atoms with Gasteiger partial charge in [-0.1, -0.05) is 25.1 Å². The quantitative estimate of drug-likeness (QED) is 0.800. The lowest BCUT2D eigenvalue weighted by Gasteiger charge is -2.24. The van der Waals surface area contributed by atoms with Crippen molar-refractivity contribution in [3.05, 3.63) is 42.1 Å². The van der Waals surface area contributed by atoms with Gasteiger partial charge in [-0.15, -0.1) is 0 Å². The summed E-state index contributed by atoms with van der Waals surface area (Å²) in [6.07, 6.45) is 4.57. The van der Waals surface area contributed by atoms with E-state index in [1.54, 1.807) is 12.0 Å². The molecule has 3 heteroatoms. The molecule has 2 rings (SSSR count). The molecule has 1 heterocycles. The summed E-state index contributed by atoms with van der Waals surface area (Å²) in [5.74, 6) is 1.38. The van der Waals surface area contributed by atoms with Gasteiger partial charge in [0.25, 0.3) is 0 Å². The van der Waals surface area contributed by atoms with E-state index in [9.17, 15) is 4.79 Å². The Morgan fingerprint density at radius 1 is 1.35 bits per heavy atom. The zero-order valence-corrected chi connectivity index (χ0v) is 10.2. The van der Waals surface area contributed by atoms with Gasteiger partial charge in [0.2, 0.25) is 5.91 Å². The van der Waals surface area contributed by atoms with Gasteiger partial charge < -0.3 is 9.64 Å². The minimum Gasteiger partial charge on any atom is -0.497 e. The fourth-order valence-corrected chi connectivity index (χ4v) is 1.86. The van der Waals surface area contributed by atoms with E-state index in [-0.39, 0.29) is 5.91 Å². The summed E-state index contributed by atoms with van der Waals surface area (Å²) in [5, 5.41) is 0. The van der Waals surface area contributed by atoms with Gasteiger partial charge in [0.1, 0.15) is 5.75 Å². The Hall–Kier alpha value is -1.77. The van der Waals surface area contributed by atoms with Crippen molar-refractivity contribution < 1.29 is 9.53 Å². The molecule has 0 bridgehead atoms. The van der Waals surface area contributed by atoms with Gasteiger partial charge in [-0.3, -0.25) is 4.79 Å². The van der Waals surface area contributed by atoms with Crippen LogP contribution in [0.15, 0.2) is 36.5 Å². The molecule has 1 aromatic carbocycles. The first-order valence-electron chi connectivity index (χ1n) is 5.80. The van der Waals surface area contributed by atoms with E-state index in [0.717, 1.165) is 11.3 Å². The zero-order chi connectivity index (χ0) is 12.3. The van der Waals surface area contributed by atoms with Crippen LogP contribution in [0.5, 0.6) is 5.75 Å². The van der Waals surface area contributed by atoms with Crippen LogP contribution in [0.1, 0.15) is 18.9 Å². The van der Waals surface area contributed by atoms with E-state index in [2.05, 4.69) is 13.0 Å². The van der Waals surface area contributed by atoms with Crippen molar-refractivity contribution in [1.29, 1.82) is 0 Å². The normalized spacial score (nSPS) is 19.5. The van der Waals surface area contributed by atoms with Gasteiger partial charge in [-0.05, 0) is 23.6 Å². The summed E-state index contributed by atoms with van der Waals surface area (Å²) in [4.78, 5) is 13.5. The van der Waals surface area contributed by atoms with Gasteiger partial charge in [-0.25, -0.2) is 0 Å². The smallest absolute Gasteiger partial charge is 0.227 e. The molecule has 0 fully saturated rings. The monoisotopic (exact) mass is 231 g/mol. The molecule has 3 nitrogen and oxygen atoms in total.